The molecule has 0 atom stereocenters. The smallest absolute Gasteiger partial charge is 0.204 e. The SMILES string of the molecule is CC(C)(C)c1cnc(CSc2ncnc3nc[nH]c23)o1. The first-order valence-electron chi connectivity index (χ1n) is 6.26. The molecule has 0 aromatic carbocycles. The number of thioether (sulfide) groups is 1. The minimum Gasteiger partial charge on any atom is -0.444 e. The third kappa shape index (κ3) is 2.53. The van der Waals surface area contributed by atoms with Crippen LogP contribution in [0.2, 0.25) is 0 Å². The lowest BCUT2D eigenvalue weighted by molar-refractivity contribution is 0.391. The van der Waals surface area contributed by atoms with Crippen molar-refractivity contribution >= 4 is 22.9 Å². The van der Waals surface area contributed by atoms with Crippen molar-refractivity contribution in [3.63, 3.8) is 0 Å². The van der Waals surface area contributed by atoms with E-state index in [9.17, 15) is 0 Å². The fraction of sp³-hybridized carbons (Fsp3) is 0.385. The number of nitrogens with one attached hydrogen (secondary N) is 1. The molecule has 7 heteroatoms. The molecule has 3 aromatic rings. The summed E-state index contributed by atoms with van der Waals surface area (Å²) in [6.07, 6.45) is 4.93. The normalized spacial score (nSPS) is 12.2. The van der Waals surface area contributed by atoms with Crippen LogP contribution in [-0.2, 0) is 11.2 Å². The average molecular weight is 289 g/mol. The van der Waals surface area contributed by atoms with Crippen molar-refractivity contribution in [2.45, 2.75) is 37.0 Å². The number of rotatable bonds is 3. The van der Waals surface area contributed by atoms with Crippen LogP contribution in [0.5, 0.6) is 0 Å². The molecule has 0 aliphatic heterocycles. The van der Waals surface area contributed by atoms with E-state index in [1.807, 2.05) is 0 Å². The molecule has 0 spiro atoms. The number of hydrogen-bond donors (Lipinski definition) is 1. The van der Waals surface area contributed by atoms with Crippen molar-refractivity contribution in [1.29, 1.82) is 0 Å². The highest BCUT2D eigenvalue weighted by Crippen LogP contribution is 2.28. The summed E-state index contributed by atoms with van der Waals surface area (Å²) in [5.74, 6) is 2.22. The molecule has 0 amide bonds. The van der Waals surface area contributed by atoms with E-state index in [4.69, 9.17) is 4.42 Å². The Kier molecular flexibility index (Phi) is 3.21. The zero-order valence-corrected chi connectivity index (χ0v) is 12.4. The fourth-order valence-electron chi connectivity index (χ4n) is 1.71. The number of nitrogens with zero attached hydrogens (tertiary/aromatic N) is 4. The Hall–Kier alpha value is -1.89. The third-order valence-electron chi connectivity index (χ3n) is 2.81. The fourth-order valence-corrected chi connectivity index (χ4v) is 2.52. The van der Waals surface area contributed by atoms with E-state index in [0.29, 0.717) is 17.3 Å². The lowest BCUT2D eigenvalue weighted by atomic mass is 9.94. The molecule has 0 fully saturated rings. The number of aromatic nitrogens is 5. The summed E-state index contributed by atoms with van der Waals surface area (Å²) in [5.41, 5.74) is 1.49. The van der Waals surface area contributed by atoms with Crippen LogP contribution < -0.4 is 0 Å². The van der Waals surface area contributed by atoms with Gasteiger partial charge in [-0.25, -0.2) is 19.9 Å². The number of imidazole rings is 1. The van der Waals surface area contributed by atoms with E-state index < -0.39 is 0 Å². The van der Waals surface area contributed by atoms with E-state index in [1.165, 1.54) is 6.33 Å². The Labute approximate surface area is 120 Å². The van der Waals surface area contributed by atoms with Gasteiger partial charge in [0.15, 0.2) is 5.65 Å². The van der Waals surface area contributed by atoms with Crippen LogP contribution >= 0.6 is 11.8 Å². The van der Waals surface area contributed by atoms with E-state index >= 15 is 0 Å². The molecule has 3 aromatic heterocycles. The highest BCUT2D eigenvalue weighted by atomic mass is 32.2. The molecule has 1 N–H and O–H groups in total. The molecular weight excluding hydrogens is 274 g/mol. The van der Waals surface area contributed by atoms with Gasteiger partial charge >= 0.3 is 0 Å². The number of fused-ring (bicyclic) bond motifs is 1. The van der Waals surface area contributed by atoms with Gasteiger partial charge in [0, 0.05) is 5.41 Å². The summed E-state index contributed by atoms with van der Waals surface area (Å²) in [4.78, 5) is 19.8. The quantitative estimate of drug-likeness (QED) is 0.590. The molecule has 0 aliphatic rings. The number of aromatic amines is 1. The van der Waals surface area contributed by atoms with Crippen LogP contribution in [0.1, 0.15) is 32.4 Å². The van der Waals surface area contributed by atoms with Crippen LogP contribution in [0, 0.1) is 0 Å². The van der Waals surface area contributed by atoms with Gasteiger partial charge in [0.2, 0.25) is 5.89 Å². The van der Waals surface area contributed by atoms with Gasteiger partial charge in [0.1, 0.15) is 22.6 Å². The highest BCUT2D eigenvalue weighted by molar-refractivity contribution is 7.98. The first-order chi connectivity index (χ1) is 9.54. The van der Waals surface area contributed by atoms with E-state index in [0.717, 1.165) is 16.3 Å². The second-order valence-corrected chi connectivity index (χ2v) is 6.40. The maximum Gasteiger partial charge on any atom is 0.204 e. The van der Waals surface area contributed by atoms with E-state index in [1.54, 1.807) is 24.3 Å². The van der Waals surface area contributed by atoms with Crippen molar-refractivity contribution in [2.75, 3.05) is 0 Å². The largest absolute Gasteiger partial charge is 0.444 e. The zero-order valence-electron chi connectivity index (χ0n) is 11.5. The van der Waals surface area contributed by atoms with Crippen molar-refractivity contribution in [1.82, 2.24) is 24.9 Å². The molecule has 3 rings (SSSR count). The number of hydrogen-bond acceptors (Lipinski definition) is 6. The van der Waals surface area contributed by atoms with Gasteiger partial charge in [0.05, 0.1) is 18.3 Å². The highest BCUT2D eigenvalue weighted by Gasteiger charge is 2.19. The molecule has 0 saturated heterocycles. The van der Waals surface area contributed by atoms with Gasteiger partial charge in [0.25, 0.3) is 0 Å². The molecular formula is C13H15N5OS. The summed E-state index contributed by atoms with van der Waals surface area (Å²) in [6, 6.07) is 0. The second kappa shape index (κ2) is 4.90. The lowest BCUT2D eigenvalue weighted by Gasteiger charge is -2.13. The zero-order chi connectivity index (χ0) is 14.2. The first kappa shape index (κ1) is 13.1. The predicted molar refractivity (Wildman–Crippen MR) is 76.4 cm³/mol. The van der Waals surface area contributed by atoms with Gasteiger partial charge in [-0.05, 0) is 0 Å². The van der Waals surface area contributed by atoms with Crippen molar-refractivity contribution < 1.29 is 4.42 Å². The molecule has 0 bridgehead atoms. The van der Waals surface area contributed by atoms with Crippen LogP contribution in [0.15, 0.2) is 28.3 Å². The van der Waals surface area contributed by atoms with E-state index in [2.05, 4.69) is 45.7 Å². The Morgan fingerprint density at radius 1 is 1.20 bits per heavy atom. The predicted octanol–water partition coefficient (Wildman–Crippen LogP) is 2.93. The topological polar surface area (TPSA) is 80.5 Å². The molecule has 0 saturated carbocycles. The molecule has 0 radical (unpaired) electrons. The first-order valence-corrected chi connectivity index (χ1v) is 7.24. The molecule has 104 valence electrons. The minimum absolute atomic E-state index is 0.0263. The van der Waals surface area contributed by atoms with Crippen molar-refractivity contribution in [3.8, 4) is 0 Å². The summed E-state index contributed by atoms with van der Waals surface area (Å²) >= 11 is 1.55. The van der Waals surface area contributed by atoms with Gasteiger partial charge in [-0.3, -0.25) is 0 Å². The molecule has 6 nitrogen and oxygen atoms in total. The van der Waals surface area contributed by atoms with Gasteiger partial charge in [-0.1, -0.05) is 32.5 Å². The molecule has 0 unspecified atom stereocenters. The van der Waals surface area contributed by atoms with Gasteiger partial charge in [-0.2, -0.15) is 0 Å². The van der Waals surface area contributed by atoms with Crippen LogP contribution in [0.3, 0.4) is 0 Å². The van der Waals surface area contributed by atoms with Crippen molar-refractivity contribution in [3.05, 3.63) is 30.5 Å². The van der Waals surface area contributed by atoms with Crippen LogP contribution in [0.25, 0.3) is 11.2 Å². The summed E-state index contributed by atoms with van der Waals surface area (Å²) in [7, 11) is 0. The Morgan fingerprint density at radius 3 is 2.80 bits per heavy atom. The Bertz CT molecular complexity index is 728. The Morgan fingerprint density at radius 2 is 2.05 bits per heavy atom. The average Bonchev–Trinajstić information content (AvgIpc) is 3.04. The van der Waals surface area contributed by atoms with Crippen LogP contribution in [0.4, 0.5) is 0 Å². The monoisotopic (exact) mass is 289 g/mol. The summed E-state index contributed by atoms with van der Waals surface area (Å²) in [6.45, 7) is 6.30. The maximum absolute atomic E-state index is 5.76. The molecule has 3 heterocycles. The lowest BCUT2D eigenvalue weighted by Crippen LogP contribution is -2.09. The van der Waals surface area contributed by atoms with Gasteiger partial charge < -0.3 is 9.40 Å². The summed E-state index contributed by atoms with van der Waals surface area (Å²) < 4.78 is 5.76. The standard InChI is InChI=1S/C13H15N5OS/c1-13(2,3)8-4-14-9(19-8)5-20-12-10-11(16-6-15-10)17-7-18-12/h4,6-7H,5H2,1-3H3,(H,15,16,17,18). The second-order valence-electron chi connectivity index (χ2n) is 5.44. The van der Waals surface area contributed by atoms with Crippen LogP contribution in [-0.4, -0.2) is 24.9 Å². The molecule has 20 heavy (non-hydrogen) atoms. The number of oxazole rings is 1. The van der Waals surface area contributed by atoms with E-state index in [-0.39, 0.29) is 5.41 Å². The van der Waals surface area contributed by atoms with Crippen molar-refractivity contribution in [2.24, 2.45) is 0 Å². The van der Waals surface area contributed by atoms with Gasteiger partial charge in [-0.15, -0.1) is 0 Å². The number of H-pyrrole nitrogens is 1. The summed E-state index contributed by atoms with van der Waals surface area (Å²) in [5, 5.41) is 0.850. The Balaban J connectivity index is 1.76. The molecule has 0 aliphatic carbocycles. The third-order valence-corrected chi connectivity index (χ3v) is 3.79. The minimum atomic E-state index is -0.0263. The maximum atomic E-state index is 5.76.